The highest BCUT2D eigenvalue weighted by Crippen LogP contribution is 2.06. The summed E-state index contributed by atoms with van der Waals surface area (Å²) in [6.07, 6.45) is 0. The quantitative estimate of drug-likeness (QED) is 0.284. The highest BCUT2D eigenvalue weighted by atomic mass is 16.5. The molecule has 7 nitrogen and oxygen atoms in total. The van der Waals surface area contributed by atoms with E-state index in [1.54, 1.807) is 0 Å². The van der Waals surface area contributed by atoms with Gasteiger partial charge in [0.05, 0.1) is 7.11 Å². The van der Waals surface area contributed by atoms with E-state index in [0.29, 0.717) is 0 Å². The third kappa shape index (κ3) is 1.58. The van der Waals surface area contributed by atoms with Crippen LogP contribution < -0.4 is 10.6 Å². The van der Waals surface area contributed by atoms with Crippen molar-refractivity contribution in [1.29, 1.82) is 0 Å². The van der Waals surface area contributed by atoms with Crippen LogP contribution in [-0.4, -0.2) is 30.1 Å². The molecule has 1 heterocycles. The number of hydrogen-bond donors (Lipinski definition) is 3. The molecule has 0 aliphatic carbocycles. The zero-order chi connectivity index (χ0) is 10.0. The normalized spacial score (nSPS) is 19.2. The van der Waals surface area contributed by atoms with Crippen LogP contribution in [0.15, 0.2) is 11.5 Å². The van der Waals surface area contributed by atoms with Gasteiger partial charge in [0.15, 0.2) is 5.70 Å². The maximum absolute atomic E-state index is 10.9. The van der Waals surface area contributed by atoms with Crippen molar-refractivity contribution < 1.29 is 24.2 Å². The Morgan fingerprint density at radius 2 is 2.00 bits per heavy atom. The Hall–Kier alpha value is -2.05. The Morgan fingerprint density at radius 3 is 2.31 bits per heavy atom. The molecule has 1 rings (SSSR count). The summed E-state index contributed by atoms with van der Waals surface area (Å²) in [5, 5.41) is 12.4. The fourth-order valence-corrected chi connectivity index (χ4v) is 0.823. The molecule has 1 aliphatic heterocycles. The molecule has 0 atom stereocenters. The molecule has 0 unspecified atom stereocenters. The Morgan fingerprint density at radius 1 is 1.38 bits per heavy atom. The molecule has 0 aromatic heterocycles. The second-order valence-electron chi connectivity index (χ2n) is 2.12. The smallest absolute Gasteiger partial charge is 0.373 e. The van der Waals surface area contributed by atoms with Crippen molar-refractivity contribution in [2.45, 2.75) is 0 Å². The van der Waals surface area contributed by atoms with Gasteiger partial charge >= 0.3 is 12.0 Å². The zero-order valence-electron chi connectivity index (χ0n) is 6.58. The summed E-state index contributed by atoms with van der Waals surface area (Å²) in [5.41, 5.74) is -0.389. The summed E-state index contributed by atoms with van der Waals surface area (Å²) < 4.78 is 4.42. The number of urea groups is 1. The molecule has 3 N–H and O–H groups in total. The van der Waals surface area contributed by atoms with Crippen molar-refractivity contribution in [3.63, 3.8) is 0 Å². The van der Waals surface area contributed by atoms with Crippen LogP contribution in [0.1, 0.15) is 0 Å². The lowest BCUT2D eigenvalue weighted by molar-refractivity contribution is -0.136. The molecule has 3 amide bonds. The van der Waals surface area contributed by atoms with Gasteiger partial charge < -0.3 is 9.84 Å². The third-order valence-corrected chi connectivity index (χ3v) is 1.32. The predicted molar refractivity (Wildman–Crippen MR) is 38.3 cm³/mol. The SMILES string of the molecule is CO/C(C(=O)O)=C1/NC(=O)NC1=O. The van der Waals surface area contributed by atoms with Crippen molar-refractivity contribution in [1.82, 2.24) is 10.6 Å². The van der Waals surface area contributed by atoms with Gasteiger partial charge in [-0.1, -0.05) is 0 Å². The number of amides is 3. The lowest BCUT2D eigenvalue weighted by atomic mass is 10.3. The lowest BCUT2D eigenvalue weighted by Gasteiger charge is -2.01. The molecule has 0 aromatic rings. The molecular formula is C6H6N2O5. The van der Waals surface area contributed by atoms with Gasteiger partial charge in [-0.15, -0.1) is 0 Å². The van der Waals surface area contributed by atoms with Crippen LogP contribution in [-0.2, 0) is 14.3 Å². The third-order valence-electron chi connectivity index (χ3n) is 1.32. The first-order valence-electron chi connectivity index (χ1n) is 3.20. The molecule has 1 aliphatic rings. The molecule has 0 radical (unpaired) electrons. The van der Waals surface area contributed by atoms with Crippen molar-refractivity contribution in [2.24, 2.45) is 0 Å². The molecule has 0 bridgehead atoms. The van der Waals surface area contributed by atoms with Gasteiger partial charge in [-0.2, -0.15) is 0 Å². The number of carboxylic acids is 1. The second-order valence-corrected chi connectivity index (χ2v) is 2.12. The number of carbonyl (C=O) groups excluding carboxylic acids is 2. The topological polar surface area (TPSA) is 105 Å². The first kappa shape index (κ1) is 9.04. The summed E-state index contributed by atoms with van der Waals surface area (Å²) in [4.78, 5) is 31.9. The van der Waals surface area contributed by atoms with Crippen LogP contribution >= 0.6 is 0 Å². The number of imide groups is 1. The first-order chi connectivity index (χ1) is 6.06. The average Bonchev–Trinajstić information content (AvgIpc) is 2.31. The van der Waals surface area contributed by atoms with Gasteiger partial charge in [-0.3, -0.25) is 15.4 Å². The van der Waals surface area contributed by atoms with Crippen molar-refractivity contribution >= 4 is 17.9 Å². The summed E-state index contributed by atoms with van der Waals surface area (Å²) in [6.45, 7) is 0. The van der Waals surface area contributed by atoms with Crippen LogP contribution in [0.25, 0.3) is 0 Å². The number of methoxy groups -OCH3 is 1. The predicted octanol–water partition coefficient (Wildman–Crippen LogP) is -1.23. The number of carbonyl (C=O) groups is 3. The number of carboxylic acid groups (broad SMARTS) is 1. The van der Waals surface area contributed by atoms with Crippen LogP contribution in [0.2, 0.25) is 0 Å². The number of nitrogens with one attached hydrogen (secondary N) is 2. The Balaban J connectivity index is 3.08. The molecule has 1 fully saturated rings. The van der Waals surface area contributed by atoms with Crippen molar-refractivity contribution in [2.75, 3.05) is 7.11 Å². The van der Waals surface area contributed by atoms with E-state index in [-0.39, 0.29) is 5.70 Å². The molecule has 7 heteroatoms. The van der Waals surface area contributed by atoms with Gasteiger partial charge in [0.25, 0.3) is 5.91 Å². The van der Waals surface area contributed by atoms with E-state index in [9.17, 15) is 14.4 Å². The van der Waals surface area contributed by atoms with E-state index in [1.807, 2.05) is 10.6 Å². The van der Waals surface area contributed by atoms with E-state index < -0.39 is 23.7 Å². The molecule has 0 aromatic carbocycles. The number of ether oxygens (including phenoxy) is 1. The van der Waals surface area contributed by atoms with Gasteiger partial charge in [-0.25, -0.2) is 9.59 Å². The van der Waals surface area contributed by atoms with Gasteiger partial charge in [0.2, 0.25) is 5.76 Å². The van der Waals surface area contributed by atoms with Crippen LogP contribution in [0.5, 0.6) is 0 Å². The van der Waals surface area contributed by atoms with E-state index >= 15 is 0 Å². The molecule has 1 saturated heterocycles. The monoisotopic (exact) mass is 186 g/mol. The van der Waals surface area contributed by atoms with Gasteiger partial charge in [0.1, 0.15) is 0 Å². The summed E-state index contributed by atoms with van der Waals surface area (Å²) in [6, 6.07) is -0.768. The van der Waals surface area contributed by atoms with E-state index in [1.165, 1.54) is 0 Å². The number of aliphatic carboxylic acids is 1. The standard InChI is InChI=1S/C6H6N2O5/c1-13-3(5(10)11)2-4(9)8-6(12)7-2/h1H3,(H,10,11)(H2,7,8,9,12)/b3-2+. The highest BCUT2D eigenvalue weighted by Gasteiger charge is 2.30. The first-order valence-corrected chi connectivity index (χ1v) is 3.20. The Labute approximate surface area is 72.4 Å². The summed E-state index contributed by atoms with van der Waals surface area (Å²) >= 11 is 0. The average molecular weight is 186 g/mol. The Kier molecular flexibility index (Phi) is 2.18. The maximum Gasteiger partial charge on any atom is 0.373 e. The molecule has 0 saturated carbocycles. The van der Waals surface area contributed by atoms with Crippen molar-refractivity contribution in [3.05, 3.63) is 11.5 Å². The number of hydrogen-bond acceptors (Lipinski definition) is 4. The van der Waals surface area contributed by atoms with Gasteiger partial charge in [-0.05, 0) is 0 Å². The highest BCUT2D eigenvalue weighted by molar-refractivity contribution is 6.14. The molecule has 13 heavy (non-hydrogen) atoms. The minimum absolute atomic E-state index is 0.389. The molecule has 70 valence electrons. The zero-order valence-corrected chi connectivity index (χ0v) is 6.58. The van der Waals surface area contributed by atoms with Gasteiger partial charge in [0, 0.05) is 0 Å². The minimum atomic E-state index is -1.42. The summed E-state index contributed by atoms with van der Waals surface area (Å²) in [7, 11) is 1.09. The lowest BCUT2D eigenvalue weighted by Crippen LogP contribution is -2.22. The molecular weight excluding hydrogens is 180 g/mol. The van der Waals surface area contributed by atoms with E-state index in [2.05, 4.69) is 4.74 Å². The van der Waals surface area contributed by atoms with Crippen LogP contribution in [0, 0.1) is 0 Å². The van der Waals surface area contributed by atoms with Crippen molar-refractivity contribution in [3.8, 4) is 0 Å². The summed E-state index contributed by atoms with van der Waals surface area (Å²) in [5.74, 6) is -2.83. The largest absolute Gasteiger partial charge is 0.488 e. The fourth-order valence-electron chi connectivity index (χ4n) is 0.823. The minimum Gasteiger partial charge on any atom is -0.488 e. The number of rotatable bonds is 2. The Bertz CT molecular complexity index is 319. The molecule has 0 spiro atoms. The maximum atomic E-state index is 10.9. The van der Waals surface area contributed by atoms with Crippen LogP contribution in [0.3, 0.4) is 0 Å². The second kappa shape index (κ2) is 3.13. The van der Waals surface area contributed by atoms with Crippen LogP contribution in [0.4, 0.5) is 4.79 Å². The fraction of sp³-hybridized carbons (Fsp3) is 0.167. The van der Waals surface area contributed by atoms with E-state index in [0.717, 1.165) is 7.11 Å². The van der Waals surface area contributed by atoms with E-state index in [4.69, 9.17) is 5.11 Å².